The molecule has 0 aromatic carbocycles. The van der Waals surface area contributed by atoms with Gasteiger partial charge in [-0.25, -0.2) is 4.39 Å². The minimum atomic E-state index is -0.884. The van der Waals surface area contributed by atoms with Gasteiger partial charge in [0.05, 0.1) is 0 Å². The van der Waals surface area contributed by atoms with Gasteiger partial charge in [-0.3, -0.25) is 0 Å². The number of hydrogen-bond acceptors (Lipinski definition) is 1. The van der Waals surface area contributed by atoms with Gasteiger partial charge in [0.1, 0.15) is 0 Å². The summed E-state index contributed by atoms with van der Waals surface area (Å²) < 4.78 is 23.3. The molecule has 0 atom stereocenters. The van der Waals surface area contributed by atoms with Crippen LogP contribution in [0.3, 0.4) is 0 Å². The lowest BCUT2D eigenvalue weighted by Gasteiger charge is -1.69. The molecule has 0 saturated carbocycles. The molecule has 0 unspecified atom stereocenters. The van der Waals surface area contributed by atoms with Crippen molar-refractivity contribution < 1.29 is 8.78 Å². The zero-order valence-electron chi connectivity index (χ0n) is 3.24. The van der Waals surface area contributed by atoms with Crippen LogP contribution in [0, 0.1) is 17.0 Å². The normalized spacial score (nSPS) is 9.43. The van der Waals surface area contributed by atoms with Crippen molar-refractivity contribution in [1.82, 2.24) is 0 Å². The van der Waals surface area contributed by atoms with Gasteiger partial charge in [-0.2, -0.15) is 4.39 Å². The second kappa shape index (κ2) is 1.58. The van der Waals surface area contributed by atoms with Crippen molar-refractivity contribution in [3.05, 3.63) is 22.4 Å². The first-order valence-electron chi connectivity index (χ1n) is 1.61. The summed E-state index contributed by atoms with van der Waals surface area (Å²) in [5, 5.41) is 0.449. The Labute approximate surface area is 43.4 Å². The van der Waals surface area contributed by atoms with Crippen LogP contribution in [0.2, 0.25) is 0 Å². The Morgan fingerprint density at radius 3 is 2.43 bits per heavy atom. The molecule has 0 aliphatic rings. The number of halogens is 2. The molecule has 0 spiro atoms. The van der Waals surface area contributed by atoms with E-state index in [0.717, 1.165) is 0 Å². The summed E-state index contributed by atoms with van der Waals surface area (Å²) in [6.45, 7) is 0. The van der Waals surface area contributed by atoms with Gasteiger partial charge in [0.15, 0.2) is 5.82 Å². The second-order valence-electron chi connectivity index (χ2n) is 0.968. The maximum absolute atomic E-state index is 11.7. The van der Waals surface area contributed by atoms with E-state index >= 15 is 0 Å². The quantitative estimate of drug-likeness (QED) is 0.488. The molecular formula is C4HF2S. The van der Waals surface area contributed by atoms with E-state index in [1.807, 2.05) is 6.07 Å². The maximum Gasteiger partial charge on any atom is 0.212 e. The summed E-state index contributed by atoms with van der Waals surface area (Å²) in [7, 11) is 0. The molecule has 0 saturated heterocycles. The van der Waals surface area contributed by atoms with Gasteiger partial charge in [0, 0.05) is 11.4 Å². The van der Waals surface area contributed by atoms with Gasteiger partial charge in [-0.15, -0.1) is 11.3 Å². The Hall–Kier alpha value is -0.440. The summed E-state index contributed by atoms with van der Waals surface area (Å²) in [6, 6.07) is 2.05. The lowest BCUT2D eigenvalue weighted by atomic mass is 10.6. The van der Waals surface area contributed by atoms with Crippen LogP contribution in [0.5, 0.6) is 0 Å². The van der Waals surface area contributed by atoms with Crippen molar-refractivity contribution in [3.63, 3.8) is 0 Å². The van der Waals surface area contributed by atoms with Crippen LogP contribution in [0.4, 0.5) is 8.78 Å². The van der Waals surface area contributed by atoms with Gasteiger partial charge in [-0.1, -0.05) is 0 Å². The highest BCUT2D eigenvalue weighted by Crippen LogP contribution is 2.09. The third-order valence-electron chi connectivity index (χ3n) is 0.521. The second-order valence-corrected chi connectivity index (χ2v) is 1.80. The molecule has 0 amide bonds. The molecule has 7 heavy (non-hydrogen) atoms. The fourth-order valence-electron chi connectivity index (χ4n) is 0.241. The zero-order chi connectivity index (χ0) is 5.28. The highest BCUT2D eigenvalue weighted by atomic mass is 32.1. The lowest BCUT2D eigenvalue weighted by Crippen LogP contribution is -1.65. The van der Waals surface area contributed by atoms with E-state index in [1.165, 1.54) is 5.38 Å². The number of rotatable bonds is 0. The average Bonchev–Trinajstić information content (AvgIpc) is 1.91. The molecule has 1 rings (SSSR count). The summed E-state index contributed by atoms with van der Waals surface area (Å²) in [6.07, 6.45) is 0. The van der Waals surface area contributed by atoms with Crippen molar-refractivity contribution >= 4 is 11.3 Å². The summed E-state index contributed by atoms with van der Waals surface area (Å²) in [4.78, 5) is 0. The van der Waals surface area contributed by atoms with E-state index in [0.29, 0.717) is 11.3 Å². The molecule has 0 N–H and O–H groups in total. The zero-order valence-corrected chi connectivity index (χ0v) is 4.06. The highest BCUT2D eigenvalue weighted by Gasteiger charge is 1.98. The SMILES string of the molecule is Fc1[c]csc1F. The van der Waals surface area contributed by atoms with Crippen LogP contribution in [-0.2, 0) is 0 Å². The van der Waals surface area contributed by atoms with E-state index in [2.05, 4.69) is 0 Å². The molecular weight excluding hydrogens is 118 g/mol. The van der Waals surface area contributed by atoms with Gasteiger partial charge in [0.25, 0.3) is 0 Å². The minimum Gasteiger partial charge on any atom is -0.202 e. The first kappa shape index (κ1) is 4.71. The summed E-state index contributed by atoms with van der Waals surface area (Å²) in [5.74, 6) is -0.884. The molecule has 1 aromatic rings. The minimum absolute atomic E-state index is 0.707. The average molecular weight is 119 g/mol. The van der Waals surface area contributed by atoms with E-state index in [1.54, 1.807) is 0 Å². The number of thiophene rings is 1. The highest BCUT2D eigenvalue weighted by molar-refractivity contribution is 7.08. The smallest absolute Gasteiger partial charge is 0.202 e. The molecule has 37 valence electrons. The molecule has 0 aliphatic carbocycles. The molecule has 1 heterocycles. The summed E-state index contributed by atoms with van der Waals surface area (Å²) >= 11 is 0.707. The van der Waals surface area contributed by atoms with Crippen molar-refractivity contribution in [1.29, 1.82) is 0 Å². The van der Waals surface area contributed by atoms with Gasteiger partial charge < -0.3 is 0 Å². The Morgan fingerprint density at radius 2 is 2.29 bits per heavy atom. The third-order valence-corrected chi connectivity index (χ3v) is 1.14. The van der Waals surface area contributed by atoms with Crippen LogP contribution < -0.4 is 0 Å². The first-order valence-corrected chi connectivity index (χ1v) is 2.49. The Kier molecular flexibility index (Phi) is 1.06. The molecule has 0 aliphatic heterocycles. The molecule has 1 radical (unpaired) electrons. The largest absolute Gasteiger partial charge is 0.212 e. The van der Waals surface area contributed by atoms with E-state index in [-0.39, 0.29) is 0 Å². The van der Waals surface area contributed by atoms with Crippen molar-refractivity contribution in [2.24, 2.45) is 0 Å². The molecule has 0 bridgehead atoms. The molecule has 1 aromatic heterocycles. The van der Waals surface area contributed by atoms with Crippen LogP contribution in [-0.4, -0.2) is 0 Å². The van der Waals surface area contributed by atoms with Crippen molar-refractivity contribution in [2.45, 2.75) is 0 Å². The van der Waals surface area contributed by atoms with E-state index < -0.39 is 10.9 Å². The summed E-state index contributed by atoms with van der Waals surface area (Å²) in [5.41, 5.74) is 0. The van der Waals surface area contributed by atoms with Gasteiger partial charge in [-0.05, 0) is 0 Å². The van der Waals surface area contributed by atoms with Crippen LogP contribution >= 0.6 is 11.3 Å². The topological polar surface area (TPSA) is 0 Å². The predicted molar refractivity (Wildman–Crippen MR) is 23.1 cm³/mol. The first-order chi connectivity index (χ1) is 3.30. The van der Waals surface area contributed by atoms with E-state index in [4.69, 9.17) is 0 Å². The van der Waals surface area contributed by atoms with Crippen molar-refractivity contribution in [2.75, 3.05) is 0 Å². The Morgan fingerprint density at radius 1 is 1.57 bits per heavy atom. The van der Waals surface area contributed by atoms with Gasteiger partial charge >= 0.3 is 0 Å². The fourth-order valence-corrected chi connectivity index (χ4v) is 0.670. The van der Waals surface area contributed by atoms with Crippen molar-refractivity contribution in [3.8, 4) is 0 Å². The van der Waals surface area contributed by atoms with Crippen LogP contribution in [0.15, 0.2) is 5.38 Å². The van der Waals surface area contributed by atoms with Crippen LogP contribution in [0.1, 0.15) is 0 Å². The molecule has 0 nitrogen and oxygen atoms in total. The monoisotopic (exact) mass is 119 g/mol. The Bertz CT molecular complexity index is 142. The number of hydrogen-bond donors (Lipinski definition) is 0. The predicted octanol–water partition coefficient (Wildman–Crippen LogP) is 1.83. The Balaban J connectivity index is 3.12. The van der Waals surface area contributed by atoms with E-state index in [9.17, 15) is 8.78 Å². The molecule has 3 heteroatoms. The fraction of sp³-hybridized carbons (Fsp3) is 0. The maximum atomic E-state index is 11.7. The lowest BCUT2D eigenvalue weighted by molar-refractivity contribution is 0.529. The standard InChI is InChI=1S/C4HF2S/c5-3-1-2-7-4(3)6/h2H. The molecule has 0 fully saturated rings. The third kappa shape index (κ3) is 0.771. The van der Waals surface area contributed by atoms with Crippen LogP contribution in [0.25, 0.3) is 0 Å². The van der Waals surface area contributed by atoms with Gasteiger partial charge in [0.2, 0.25) is 5.13 Å².